The molecule has 1 aromatic carbocycles. The summed E-state index contributed by atoms with van der Waals surface area (Å²) in [5.41, 5.74) is 6.08. The van der Waals surface area contributed by atoms with Gasteiger partial charge in [0, 0.05) is 36.5 Å². The van der Waals surface area contributed by atoms with Gasteiger partial charge < -0.3 is 5.73 Å². The molecular formula is C7H8N3O2S+. The van der Waals surface area contributed by atoms with Crippen LogP contribution in [0.2, 0.25) is 0 Å². The molecule has 0 aliphatic rings. The summed E-state index contributed by atoms with van der Waals surface area (Å²) in [6.45, 7) is 0. The summed E-state index contributed by atoms with van der Waals surface area (Å²) in [6, 6.07) is 6.00. The van der Waals surface area contributed by atoms with E-state index in [9.17, 15) is 10.1 Å². The third-order valence-corrected chi connectivity index (χ3v) is 1.53. The molecule has 13 heavy (non-hydrogen) atoms. The summed E-state index contributed by atoms with van der Waals surface area (Å²) in [7, 11) is 0. The first-order valence-corrected chi connectivity index (χ1v) is 3.89. The Bertz CT molecular complexity index is 336. The van der Waals surface area contributed by atoms with Crippen LogP contribution < -0.4 is 11.1 Å². The Morgan fingerprint density at radius 2 is 2.00 bits per heavy atom. The fourth-order valence-electron chi connectivity index (χ4n) is 0.857. The summed E-state index contributed by atoms with van der Waals surface area (Å²) in [4.78, 5) is 9.83. The zero-order valence-corrected chi connectivity index (χ0v) is 7.45. The molecule has 0 bridgehead atoms. The number of non-ortho nitro benzene ring substituents is 1. The number of thiocarbonyl (C=S) groups is 1. The molecule has 0 heterocycles. The molecule has 0 aromatic heterocycles. The van der Waals surface area contributed by atoms with Gasteiger partial charge in [-0.25, -0.2) is 0 Å². The van der Waals surface area contributed by atoms with Crippen molar-refractivity contribution in [2.45, 2.75) is 0 Å². The zero-order chi connectivity index (χ0) is 9.84. The van der Waals surface area contributed by atoms with E-state index < -0.39 is 4.92 Å². The second-order valence-electron chi connectivity index (χ2n) is 2.40. The van der Waals surface area contributed by atoms with Crippen LogP contribution in [0.5, 0.6) is 0 Å². The molecular weight excluding hydrogens is 190 g/mol. The van der Waals surface area contributed by atoms with E-state index in [4.69, 9.17) is 5.73 Å². The molecule has 0 saturated carbocycles. The number of nitro groups is 1. The summed E-state index contributed by atoms with van der Waals surface area (Å²) in [5, 5.41) is 12.1. The molecule has 0 atom stereocenters. The number of nitro benzene ring substituents is 1. The average molecular weight is 198 g/mol. The minimum absolute atomic E-state index is 0.0556. The lowest BCUT2D eigenvalue weighted by Gasteiger charge is -1.95. The van der Waals surface area contributed by atoms with Gasteiger partial charge in [-0.15, -0.1) is 0 Å². The highest BCUT2D eigenvalue weighted by Gasteiger charge is 2.05. The fraction of sp³-hybridized carbons (Fsp3) is 0. The van der Waals surface area contributed by atoms with E-state index >= 15 is 0 Å². The van der Waals surface area contributed by atoms with Crippen molar-refractivity contribution < 1.29 is 10.2 Å². The van der Waals surface area contributed by atoms with Crippen LogP contribution in [-0.2, 0) is 0 Å². The van der Waals surface area contributed by atoms with Crippen LogP contribution in [0, 0.1) is 10.1 Å². The highest BCUT2D eigenvalue weighted by molar-refractivity contribution is 7.79. The average Bonchev–Trinajstić information content (AvgIpc) is 2.04. The SMILES string of the molecule is NC(=S)[NH2+]c1ccc([N+](=O)[O-])cc1. The van der Waals surface area contributed by atoms with E-state index in [-0.39, 0.29) is 10.8 Å². The van der Waals surface area contributed by atoms with Gasteiger partial charge in [-0.2, -0.15) is 0 Å². The van der Waals surface area contributed by atoms with Gasteiger partial charge in [0.25, 0.3) is 10.8 Å². The molecule has 1 rings (SSSR count). The predicted octanol–water partition coefficient (Wildman–Crippen LogP) is 0.0333. The van der Waals surface area contributed by atoms with Crippen molar-refractivity contribution in [3.63, 3.8) is 0 Å². The van der Waals surface area contributed by atoms with E-state index in [1.165, 1.54) is 12.1 Å². The van der Waals surface area contributed by atoms with E-state index in [1.54, 1.807) is 17.4 Å². The minimum Gasteiger partial charge on any atom is -0.345 e. The Balaban J connectivity index is 2.81. The number of hydrogen-bond donors (Lipinski definition) is 2. The van der Waals surface area contributed by atoms with Crippen molar-refractivity contribution in [3.8, 4) is 0 Å². The third-order valence-electron chi connectivity index (χ3n) is 1.41. The largest absolute Gasteiger partial charge is 0.345 e. The third kappa shape index (κ3) is 2.77. The topological polar surface area (TPSA) is 85.8 Å². The van der Waals surface area contributed by atoms with Gasteiger partial charge in [0.1, 0.15) is 5.69 Å². The lowest BCUT2D eigenvalue weighted by molar-refractivity contribution is -0.441. The number of benzene rings is 1. The van der Waals surface area contributed by atoms with Crippen molar-refractivity contribution in [2.75, 3.05) is 0 Å². The Labute approximate surface area is 79.7 Å². The lowest BCUT2D eigenvalue weighted by atomic mass is 10.3. The van der Waals surface area contributed by atoms with Gasteiger partial charge in [0.2, 0.25) is 0 Å². The Kier molecular flexibility index (Phi) is 2.88. The number of nitrogens with zero attached hydrogens (tertiary/aromatic N) is 1. The van der Waals surface area contributed by atoms with Crippen molar-refractivity contribution in [1.82, 2.24) is 0 Å². The van der Waals surface area contributed by atoms with Crippen molar-refractivity contribution >= 4 is 28.7 Å². The standard InChI is InChI=1S/C7H7N3O2S/c8-7(13)9-5-1-3-6(4-2-5)10(11)12/h1-4H,(H3,8,9,13)/p+1. The maximum Gasteiger partial charge on any atom is 0.269 e. The molecule has 1 aromatic rings. The molecule has 0 fully saturated rings. The van der Waals surface area contributed by atoms with Crippen LogP contribution >= 0.6 is 12.2 Å². The molecule has 0 amide bonds. The Morgan fingerprint density at radius 3 is 2.38 bits per heavy atom. The molecule has 0 saturated heterocycles. The number of quaternary nitrogens is 1. The van der Waals surface area contributed by atoms with Crippen LogP contribution in [0.4, 0.5) is 11.4 Å². The van der Waals surface area contributed by atoms with Crippen LogP contribution in [-0.4, -0.2) is 10.0 Å². The highest BCUT2D eigenvalue weighted by atomic mass is 32.1. The first-order valence-electron chi connectivity index (χ1n) is 3.48. The van der Waals surface area contributed by atoms with Gasteiger partial charge in [0.05, 0.1) is 4.92 Å². The lowest BCUT2D eigenvalue weighted by Crippen LogP contribution is -2.84. The molecule has 0 spiro atoms. The van der Waals surface area contributed by atoms with E-state index in [2.05, 4.69) is 12.2 Å². The molecule has 0 aliphatic carbocycles. The minimum atomic E-state index is -0.454. The van der Waals surface area contributed by atoms with Crippen molar-refractivity contribution in [3.05, 3.63) is 34.4 Å². The Hall–Kier alpha value is -1.53. The molecule has 68 valence electrons. The summed E-state index contributed by atoms with van der Waals surface area (Å²) < 4.78 is 0. The van der Waals surface area contributed by atoms with Gasteiger partial charge in [0.15, 0.2) is 0 Å². The molecule has 0 aliphatic heterocycles. The quantitative estimate of drug-likeness (QED) is 0.304. The normalized spacial score (nSPS) is 9.54. The first-order chi connectivity index (χ1) is 6.09. The zero-order valence-electron chi connectivity index (χ0n) is 6.64. The summed E-state index contributed by atoms with van der Waals surface area (Å²) in [5.74, 6) is 0. The first kappa shape index (κ1) is 9.56. The number of nitrogens with two attached hydrogens (primary N) is 2. The highest BCUT2D eigenvalue weighted by Crippen LogP contribution is 2.11. The van der Waals surface area contributed by atoms with Gasteiger partial charge in [-0.05, 0) is 0 Å². The molecule has 0 radical (unpaired) electrons. The number of hydrogen-bond acceptors (Lipinski definition) is 3. The van der Waals surface area contributed by atoms with E-state index in [1.807, 2.05) is 0 Å². The second kappa shape index (κ2) is 3.92. The second-order valence-corrected chi connectivity index (χ2v) is 2.87. The van der Waals surface area contributed by atoms with Gasteiger partial charge in [-0.3, -0.25) is 15.4 Å². The van der Waals surface area contributed by atoms with Crippen LogP contribution in [0.1, 0.15) is 0 Å². The van der Waals surface area contributed by atoms with Crippen LogP contribution in [0.3, 0.4) is 0 Å². The van der Waals surface area contributed by atoms with Crippen LogP contribution in [0.15, 0.2) is 24.3 Å². The summed E-state index contributed by atoms with van der Waals surface area (Å²) >= 11 is 4.65. The fourth-order valence-corrected chi connectivity index (χ4v) is 0.993. The molecule has 4 N–H and O–H groups in total. The Morgan fingerprint density at radius 1 is 1.46 bits per heavy atom. The molecule has 5 nitrogen and oxygen atoms in total. The van der Waals surface area contributed by atoms with E-state index in [0.717, 1.165) is 5.69 Å². The van der Waals surface area contributed by atoms with Gasteiger partial charge in [-0.1, -0.05) is 0 Å². The maximum absolute atomic E-state index is 10.3. The smallest absolute Gasteiger partial charge is 0.269 e. The predicted molar refractivity (Wildman–Crippen MR) is 51.5 cm³/mol. The molecule has 0 unspecified atom stereocenters. The van der Waals surface area contributed by atoms with Crippen molar-refractivity contribution in [2.24, 2.45) is 5.73 Å². The van der Waals surface area contributed by atoms with E-state index in [0.29, 0.717) is 0 Å². The maximum atomic E-state index is 10.3. The van der Waals surface area contributed by atoms with Gasteiger partial charge >= 0.3 is 0 Å². The van der Waals surface area contributed by atoms with Crippen molar-refractivity contribution in [1.29, 1.82) is 0 Å². The van der Waals surface area contributed by atoms with Crippen LogP contribution in [0.25, 0.3) is 0 Å². The number of rotatable bonds is 2. The summed E-state index contributed by atoms with van der Waals surface area (Å²) in [6.07, 6.45) is 0. The molecule has 6 heteroatoms. The monoisotopic (exact) mass is 198 g/mol.